The summed E-state index contributed by atoms with van der Waals surface area (Å²) < 4.78 is 5.25. The summed E-state index contributed by atoms with van der Waals surface area (Å²) in [4.78, 5) is 4.35. The van der Waals surface area contributed by atoms with Gasteiger partial charge >= 0.3 is 0 Å². The zero-order chi connectivity index (χ0) is 15.9. The number of rotatable bonds is 8. The van der Waals surface area contributed by atoms with E-state index in [0.29, 0.717) is 18.4 Å². The van der Waals surface area contributed by atoms with Gasteiger partial charge in [-0.1, -0.05) is 63.5 Å². The maximum absolute atomic E-state index is 5.25. The number of nitrogens with zero attached hydrogens (tertiary/aromatic N) is 2. The van der Waals surface area contributed by atoms with Crippen LogP contribution in [0.5, 0.6) is 0 Å². The van der Waals surface area contributed by atoms with Crippen molar-refractivity contribution in [3.8, 4) is 0 Å². The monoisotopic (exact) mass is 301 g/mol. The van der Waals surface area contributed by atoms with Crippen LogP contribution in [-0.2, 0) is 19.4 Å². The van der Waals surface area contributed by atoms with Gasteiger partial charge in [-0.15, -0.1) is 0 Å². The summed E-state index contributed by atoms with van der Waals surface area (Å²) in [7, 11) is 0. The molecular weight excluding hydrogens is 274 g/mol. The molecule has 0 fully saturated rings. The highest BCUT2D eigenvalue weighted by molar-refractivity contribution is 5.25. The van der Waals surface area contributed by atoms with Gasteiger partial charge in [-0.3, -0.25) is 0 Å². The molecule has 22 heavy (non-hydrogen) atoms. The average Bonchev–Trinajstić information content (AvgIpc) is 2.97. The molecule has 0 aliphatic carbocycles. The summed E-state index contributed by atoms with van der Waals surface area (Å²) >= 11 is 0. The van der Waals surface area contributed by atoms with Gasteiger partial charge in [0, 0.05) is 12.5 Å². The van der Waals surface area contributed by atoms with E-state index in [2.05, 4.69) is 60.5 Å². The van der Waals surface area contributed by atoms with Gasteiger partial charge < -0.3 is 9.84 Å². The van der Waals surface area contributed by atoms with Crippen LogP contribution in [0.25, 0.3) is 0 Å². The molecule has 0 bridgehead atoms. The molecule has 0 aliphatic rings. The zero-order valence-electron chi connectivity index (χ0n) is 14.1. The smallest absolute Gasteiger partial charge is 0.240 e. The van der Waals surface area contributed by atoms with Crippen LogP contribution in [0.3, 0.4) is 0 Å². The van der Waals surface area contributed by atoms with Crippen LogP contribution in [0, 0.1) is 5.92 Å². The second-order valence-electron chi connectivity index (χ2n) is 6.05. The number of aromatic nitrogens is 2. The minimum Gasteiger partial charge on any atom is -0.338 e. The summed E-state index contributed by atoms with van der Waals surface area (Å²) in [6.45, 7) is 9.29. The highest BCUT2D eigenvalue weighted by Gasteiger charge is 2.16. The molecule has 1 aromatic carbocycles. The summed E-state index contributed by atoms with van der Waals surface area (Å²) in [5, 5.41) is 7.48. The Balaban J connectivity index is 2.02. The highest BCUT2D eigenvalue weighted by Crippen LogP contribution is 2.23. The van der Waals surface area contributed by atoms with Crippen molar-refractivity contribution in [2.45, 2.75) is 59.5 Å². The van der Waals surface area contributed by atoms with Gasteiger partial charge in [-0.05, 0) is 23.5 Å². The first-order chi connectivity index (χ1) is 10.6. The summed E-state index contributed by atoms with van der Waals surface area (Å²) in [5.41, 5.74) is 2.71. The van der Waals surface area contributed by atoms with Crippen LogP contribution in [-0.4, -0.2) is 10.1 Å². The van der Waals surface area contributed by atoms with Gasteiger partial charge in [-0.2, -0.15) is 4.98 Å². The van der Waals surface area contributed by atoms with E-state index < -0.39 is 0 Å². The maximum atomic E-state index is 5.25. The van der Waals surface area contributed by atoms with E-state index >= 15 is 0 Å². The number of hydrogen-bond donors (Lipinski definition) is 1. The molecule has 2 aromatic rings. The lowest BCUT2D eigenvalue weighted by molar-refractivity contribution is 0.335. The fourth-order valence-corrected chi connectivity index (χ4v) is 2.62. The molecule has 120 valence electrons. The topological polar surface area (TPSA) is 51.0 Å². The lowest BCUT2D eigenvalue weighted by atomic mass is 9.94. The maximum Gasteiger partial charge on any atom is 0.240 e. The van der Waals surface area contributed by atoms with Gasteiger partial charge in [0.05, 0.1) is 6.54 Å². The zero-order valence-corrected chi connectivity index (χ0v) is 14.1. The first kappa shape index (κ1) is 16.7. The van der Waals surface area contributed by atoms with Crippen LogP contribution < -0.4 is 5.32 Å². The van der Waals surface area contributed by atoms with Crippen LogP contribution in [0.4, 0.5) is 0 Å². The normalized spacial score (nSPS) is 12.8. The Kier molecular flexibility index (Phi) is 6.13. The quantitative estimate of drug-likeness (QED) is 0.798. The molecule has 1 unspecified atom stereocenters. The predicted molar refractivity (Wildman–Crippen MR) is 88.5 cm³/mol. The number of hydrogen-bond acceptors (Lipinski definition) is 4. The average molecular weight is 301 g/mol. The molecule has 0 saturated carbocycles. The lowest BCUT2D eigenvalue weighted by Crippen LogP contribution is -2.25. The molecule has 0 radical (unpaired) electrons. The first-order valence-electron chi connectivity index (χ1n) is 8.27. The summed E-state index contributed by atoms with van der Waals surface area (Å²) in [6, 6.07) is 9.21. The van der Waals surface area contributed by atoms with Crippen LogP contribution in [0.2, 0.25) is 0 Å². The van der Waals surface area contributed by atoms with Crippen molar-refractivity contribution < 1.29 is 4.52 Å². The van der Waals surface area contributed by atoms with E-state index in [1.54, 1.807) is 0 Å². The Morgan fingerprint density at radius 1 is 1.14 bits per heavy atom. The lowest BCUT2D eigenvalue weighted by Gasteiger charge is -2.22. The molecule has 0 amide bonds. The Morgan fingerprint density at radius 3 is 2.41 bits per heavy atom. The third kappa shape index (κ3) is 4.41. The van der Waals surface area contributed by atoms with Crippen molar-refractivity contribution in [1.29, 1.82) is 0 Å². The molecule has 4 heteroatoms. The molecular formula is C18H27N3O. The third-order valence-electron chi connectivity index (χ3n) is 3.84. The molecule has 4 nitrogen and oxygen atoms in total. The van der Waals surface area contributed by atoms with Crippen molar-refractivity contribution in [1.82, 2.24) is 15.5 Å². The van der Waals surface area contributed by atoms with E-state index in [0.717, 1.165) is 18.7 Å². The van der Waals surface area contributed by atoms with Crippen LogP contribution in [0.15, 0.2) is 28.8 Å². The Morgan fingerprint density at radius 2 is 1.86 bits per heavy atom. The first-order valence-corrected chi connectivity index (χ1v) is 8.27. The molecule has 1 heterocycles. The van der Waals surface area contributed by atoms with Crippen LogP contribution in [0.1, 0.15) is 63.0 Å². The van der Waals surface area contributed by atoms with Gasteiger partial charge in [0.2, 0.25) is 5.89 Å². The highest BCUT2D eigenvalue weighted by atomic mass is 16.5. The standard InChI is InChI=1S/C18H27N3O/c1-5-7-14-8-10-15(11-9-14)18(13(3)4)19-12-17-20-16(6-2)21-22-17/h8-11,13,18-19H,5-7,12H2,1-4H3. The predicted octanol–water partition coefficient (Wildman–Crippen LogP) is 4.07. The Bertz CT molecular complexity index is 560. The molecule has 1 aromatic heterocycles. The van der Waals surface area contributed by atoms with Gasteiger partial charge in [0.25, 0.3) is 0 Å². The molecule has 0 aliphatic heterocycles. The largest absolute Gasteiger partial charge is 0.338 e. The van der Waals surface area contributed by atoms with Crippen molar-refractivity contribution in [2.75, 3.05) is 0 Å². The van der Waals surface area contributed by atoms with E-state index in [1.807, 2.05) is 6.92 Å². The minimum atomic E-state index is 0.285. The summed E-state index contributed by atoms with van der Waals surface area (Å²) in [6.07, 6.45) is 3.12. The van der Waals surface area contributed by atoms with E-state index in [-0.39, 0.29) is 6.04 Å². The fourth-order valence-electron chi connectivity index (χ4n) is 2.62. The molecule has 0 spiro atoms. The van der Waals surface area contributed by atoms with Gasteiger partial charge in [-0.25, -0.2) is 0 Å². The van der Waals surface area contributed by atoms with E-state index in [9.17, 15) is 0 Å². The van der Waals surface area contributed by atoms with Crippen molar-refractivity contribution >= 4 is 0 Å². The molecule has 2 rings (SSSR count). The Labute approximate surface area is 133 Å². The molecule has 1 N–H and O–H groups in total. The van der Waals surface area contributed by atoms with Gasteiger partial charge in [0.15, 0.2) is 5.82 Å². The van der Waals surface area contributed by atoms with Crippen LogP contribution >= 0.6 is 0 Å². The van der Waals surface area contributed by atoms with E-state index in [4.69, 9.17) is 4.52 Å². The second kappa shape index (κ2) is 8.08. The van der Waals surface area contributed by atoms with E-state index in [1.165, 1.54) is 17.5 Å². The molecule has 1 atom stereocenters. The fraction of sp³-hybridized carbons (Fsp3) is 0.556. The van der Waals surface area contributed by atoms with Crippen molar-refractivity contribution in [3.05, 3.63) is 47.1 Å². The van der Waals surface area contributed by atoms with Crippen molar-refractivity contribution in [2.24, 2.45) is 5.92 Å². The third-order valence-corrected chi connectivity index (χ3v) is 3.84. The second-order valence-corrected chi connectivity index (χ2v) is 6.05. The number of benzene rings is 1. The molecule has 0 saturated heterocycles. The minimum absolute atomic E-state index is 0.285. The number of nitrogens with one attached hydrogen (secondary N) is 1. The summed E-state index contributed by atoms with van der Waals surface area (Å²) in [5.74, 6) is 1.91. The van der Waals surface area contributed by atoms with Crippen molar-refractivity contribution in [3.63, 3.8) is 0 Å². The Hall–Kier alpha value is -1.68. The number of aryl methyl sites for hydroxylation is 2. The van der Waals surface area contributed by atoms with Gasteiger partial charge in [0.1, 0.15) is 0 Å². The SMILES string of the molecule is CCCc1ccc(C(NCc2nc(CC)no2)C(C)C)cc1.